The van der Waals surface area contributed by atoms with E-state index in [1.54, 1.807) is 7.11 Å². The molecule has 0 saturated carbocycles. The molecule has 0 fully saturated rings. The summed E-state index contributed by atoms with van der Waals surface area (Å²) in [5.74, 6) is 0.973. The molecule has 1 N–H and O–H groups in total. The third-order valence-electron chi connectivity index (χ3n) is 2.65. The fourth-order valence-corrected chi connectivity index (χ4v) is 1.74. The van der Waals surface area contributed by atoms with Crippen molar-refractivity contribution in [1.82, 2.24) is 5.32 Å². The van der Waals surface area contributed by atoms with Gasteiger partial charge in [-0.15, -0.1) is 0 Å². The Hall–Kier alpha value is -1.02. The first-order valence-electron chi connectivity index (χ1n) is 5.46. The van der Waals surface area contributed by atoms with Crippen LogP contribution in [0, 0.1) is 0 Å². The van der Waals surface area contributed by atoms with Crippen LogP contribution in [0.4, 0.5) is 0 Å². The summed E-state index contributed by atoms with van der Waals surface area (Å²) in [7, 11) is 1.72. The SMILES string of the molecule is CCNCC(C)(C)c1ccccc1OC. The third-order valence-corrected chi connectivity index (χ3v) is 2.65. The number of hydrogen-bond donors (Lipinski definition) is 1. The van der Waals surface area contributed by atoms with Crippen LogP contribution >= 0.6 is 0 Å². The van der Waals surface area contributed by atoms with Gasteiger partial charge >= 0.3 is 0 Å². The molecule has 0 aliphatic heterocycles. The summed E-state index contributed by atoms with van der Waals surface area (Å²) in [6.07, 6.45) is 0. The second kappa shape index (κ2) is 5.17. The van der Waals surface area contributed by atoms with Crippen LogP contribution < -0.4 is 10.1 Å². The van der Waals surface area contributed by atoms with Crippen LogP contribution in [-0.2, 0) is 5.41 Å². The molecule has 2 heteroatoms. The molecule has 1 aromatic carbocycles. The van der Waals surface area contributed by atoms with Gasteiger partial charge in [0.05, 0.1) is 7.11 Å². The highest BCUT2D eigenvalue weighted by Gasteiger charge is 2.23. The summed E-state index contributed by atoms with van der Waals surface area (Å²) in [6, 6.07) is 8.22. The van der Waals surface area contributed by atoms with Gasteiger partial charge in [0.2, 0.25) is 0 Å². The normalized spacial score (nSPS) is 11.5. The number of para-hydroxylation sites is 1. The lowest BCUT2D eigenvalue weighted by atomic mass is 9.84. The van der Waals surface area contributed by atoms with Crippen molar-refractivity contribution in [2.45, 2.75) is 26.2 Å². The summed E-state index contributed by atoms with van der Waals surface area (Å²) in [5.41, 5.74) is 1.36. The number of benzene rings is 1. The van der Waals surface area contributed by atoms with Gasteiger partial charge in [0.25, 0.3) is 0 Å². The van der Waals surface area contributed by atoms with E-state index in [9.17, 15) is 0 Å². The van der Waals surface area contributed by atoms with Crippen molar-refractivity contribution in [2.75, 3.05) is 20.2 Å². The molecule has 0 aromatic heterocycles. The average Bonchev–Trinajstić information content (AvgIpc) is 2.26. The Kier molecular flexibility index (Phi) is 4.15. The van der Waals surface area contributed by atoms with Gasteiger partial charge in [-0.3, -0.25) is 0 Å². The van der Waals surface area contributed by atoms with Gasteiger partial charge in [0, 0.05) is 17.5 Å². The minimum Gasteiger partial charge on any atom is -0.496 e. The number of likely N-dealkylation sites (N-methyl/N-ethyl adjacent to an activating group) is 1. The van der Waals surface area contributed by atoms with E-state index in [0.29, 0.717) is 0 Å². The first kappa shape index (κ1) is 12.1. The first-order valence-corrected chi connectivity index (χ1v) is 5.46. The van der Waals surface area contributed by atoms with Gasteiger partial charge < -0.3 is 10.1 Å². The van der Waals surface area contributed by atoms with E-state index in [0.717, 1.165) is 18.8 Å². The van der Waals surface area contributed by atoms with E-state index in [2.05, 4.69) is 38.2 Å². The molecular weight excluding hydrogens is 186 g/mol. The van der Waals surface area contributed by atoms with Gasteiger partial charge in [-0.05, 0) is 12.6 Å². The zero-order valence-corrected chi connectivity index (χ0v) is 10.1. The third kappa shape index (κ3) is 2.96. The zero-order valence-electron chi connectivity index (χ0n) is 10.1. The lowest BCUT2D eigenvalue weighted by Gasteiger charge is -2.27. The van der Waals surface area contributed by atoms with Gasteiger partial charge in [-0.1, -0.05) is 39.0 Å². The van der Waals surface area contributed by atoms with E-state index in [1.165, 1.54) is 5.56 Å². The lowest BCUT2D eigenvalue weighted by molar-refractivity contribution is 0.387. The van der Waals surface area contributed by atoms with Crippen molar-refractivity contribution in [3.05, 3.63) is 29.8 Å². The molecule has 2 nitrogen and oxygen atoms in total. The van der Waals surface area contributed by atoms with Gasteiger partial charge in [0.1, 0.15) is 5.75 Å². The maximum absolute atomic E-state index is 5.38. The van der Waals surface area contributed by atoms with Crippen molar-refractivity contribution in [1.29, 1.82) is 0 Å². The molecule has 0 spiro atoms. The Morgan fingerprint density at radius 2 is 1.93 bits per heavy atom. The summed E-state index contributed by atoms with van der Waals surface area (Å²) in [4.78, 5) is 0. The van der Waals surface area contributed by atoms with Crippen LogP contribution in [0.2, 0.25) is 0 Å². The van der Waals surface area contributed by atoms with Crippen LogP contribution in [0.5, 0.6) is 5.75 Å². The van der Waals surface area contributed by atoms with Crippen LogP contribution in [0.25, 0.3) is 0 Å². The van der Waals surface area contributed by atoms with Gasteiger partial charge in [0.15, 0.2) is 0 Å². The zero-order chi connectivity index (χ0) is 11.3. The highest BCUT2D eigenvalue weighted by Crippen LogP contribution is 2.30. The Balaban J connectivity index is 2.92. The van der Waals surface area contributed by atoms with Crippen LogP contribution in [0.1, 0.15) is 26.3 Å². The Morgan fingerprint density at radius 3 is 2.53 bits per heavy atom. The van der Waals surface area contributed by atoms with E-state index in [-0.39, 0.29) is 5.41 Å². The van der Waals surface area contributed by atoms with Crippen molar-refractivity contribution in [3.63, 3.8) is 0 Å². The van der Waals surface area contributed by atoms with Crippen molar-refractivity contribution >= 4 is 0 Å². The van der Waals surface area contributed by atoms with Crippen LogP contribution in [0.3, 0.4) is 0 Å². The largest absolute Gasteiger partial charge is 0.496 e. The number of hydrogen-bond acceptors (Lipinski definition) is 2. The Morgan fingerprint density at radius 1 is 1.27 bits per heavy atom. The number of methoxy groups -OCH3 is 1. The van der Waals surface area contributed by atoms with Crippen LogP contribution in [0.15, 0.2) is 24.3 Å². The highest BCUT2D eigenvalue weighted by molar-refractivity contribution is 5.39. The Bertz CT molecular complexity index is 307. The van der Waals surface area contributed by atoms with Crippen molar-refractivity contribution in [2.24, 2.45) is 0 Å². The van der Waals surface area contributed by atoms with E-state index >= 15 is 0 Å². The molecule has 0 radical (unpaired) electrons. The molecule has 0 amide bonds. The number of nitrogens with one attached hydrogen (secondary N) is 1. The highest BCUT2D eigenvalue weighted by atomic mass is 16.5. The molecule has 0 aliphatic rings. The minimum atomic E-state index is 0.0998. The maximum atomic E-state index is 5.38. The lowest BCUT2D eigenvalue weighted by Crippen LogP contribution is -2.33. The molecule has 84 valence electrons. The van der Waals surface area contributed by atoms with Crippen molar-refractivity contribution in [3.8, 4) is 5.75 Å². The first-order chi connectivity index (χ1) is 7.11. The molecule has 15 heavy (non-hydrogen) atoms. The molecule has 0 heterocycles. The molecule has 0 saturated heterocycles. The summed E-state index contributed by atoms with van der Waals surface area (Å²) in [5, 5.41) is 3.38. The predicted octanol–water partition coefficient (Wildman–Crippen LogP) is 2.58. The quantitative estimate of drug-likeness (QED) is 0.801. The fraction of sp³-hybridized carbons (Fsp3) is 0.538. The van der Waals surface area contributed by atoms with Gasteiger partial charge in [-0.2, -0.15) is 0 Å². The monoisotopic (exact) mass is 207 g/mol. The molecule has 0 aliphatic carbocycles. The number of rotatable bonds is 5. The fourth-order valence-electron chi connectivity index (χ4n) is 1.74. The average molecular weight is 207 g/mol. The maximum Gasteiger partial charge on any atom is 0.122 e. The topological polar surface area (TPSA) is 21.3 Å². The van der Waals surface area contributed by atoms with E-state index in [1.807, 2.05) is 12.1 Å². The Labute approximate surface area is 92.6 Å². The number of ether oxygens (including phenoxy) is 1. The van der Waals surface area contributed by atoms with Crippen LogP contribution in [-0.4, -0.2) is 20.2 Å². The molecule has 1 aromatic rings. The smallest absolute Gasteiger partial charge is 0.122 e. The second-order valence-corrected chi connectivity index (χ2v) is 4.36. The molecule has 0 bridgehead atoms. The molecule has 0 unspecified atom stereocenters. The van der Waals surface area contributed by atoms with E-state index < -0.39 is 0 Å². The van der Waals surface area contributed by atoms with Gasteiger partial charge in [-0.25, -0.2) is 0 Å². The summed E-state index contributed by atoms with van der Waals surface area (Å²) in [6.45, 7) is 8.54. The summed E-state index contributed by atoms with van der Waals surface area (Å²) >= 11 is 0. The van der Waals surface area contributed by atoms with Crippen molar-refractivity contribution < 1.29 is 4.74 Å². The second-order valence-electron chi connectivity index (χ2n) is 4.36. The molecule has 0 atom stereocenters. The molecule has 1 rings (SSSR count). The standard InChI is InChI=1S/C13H21NO/c1-5-14-10-13(2,3)11-8-6-7-9-12(11)15-4/h6-9,14H,5,10H2,1-4H3. The van der Waals surface area contributed by atoms with E-state index in [4.69, 9.17) is 4.74 Å². The molecular formula is C13H21NO. The minimum absolute atomic E-state index is 0.0998. The predicted molar refractivity (Wildman–Crippen MR) is 64.6 cm³/mol. The summed E-state index contributed by atoms with van der Waals surface area (Å²) < 4.78 is 5.38.